The lowest BCUT2D eigenvalue weighted by Gasteiger charge is -2.08. The molecule has 0 saturated carbocycles. The van der Waals surface area contributed by atoms with Crippen LogP contribution in [0.2, 0.25) is 0 Å². The first kappa shape index (κ1) is 13.2. The van der Waals surface area contributed by atoms with Crippen LogP contribution >= 0.6 is 0 Å². The summed E-state index contributed by atoms with van der Waals surface area (Å²) in [6, 6.07) is 13.3. The van der Waals surface area contributed by atoms with Crippen LogP contribution < -0.4 is 11.1 Å². The summed E-state index contributed by atoms with van der Waals surface area (Å²) in [5.74, 6) is -0.621. The van der Waals surface area contributed by atoms with Crippen LogP contribution in [-0.2, 0) is 11.3 Å². The Bertz CT molecular complexity index is 810. The van der Waals surface area contributed by atoms with Crippen molar-refractivity contribution in [3.8, 4) is 0 Å². The van der Waals surface area contributed by atoms with E-state index in [1.165, 1.54) is 12.1 Å². The fraction of sp³-hybridized carbons (Fsp3) is 0.0625. The molecule has 0 aliphatic heterocycles. The molecule has 5 heteroatoms. The zero-order chi connectivity index (χ0) is 14.8. The fourth-order valence-corrected chi connectivity index (χ4v) is 2.34. The van der Waals surface area contributed by atoms with Crippen LogP contribution in [0.15, 0.2) is 54.7 Å². The summed E-state index contributed by atoms with van der Waals surface area (Å²) < 4.78 is 14.9. The lowest BCUT2D eigenvalue weighted by Crippen LogP contribution is -2.18. The number of carbonyl (C=O) groups excluding carboxylic acids is 1. The minimum absolute atomic E-state index is 0.119. The van der Waals surface area contributed by atoms with Crippen molar-refractivity contribution in [1.29, 1.82) is 0 Å². The van der Waals surface area contributed by atoms with Gasteiger partial charge in [0.1, 0.15) is 12.4 Å². The van der Waals surface area contributed by atoms with E-state index in [0.29, 0.717) is 11.4 Å². The molecule has 0 aliphatic rings. The molecule has 0 atom stereocenters. The Morgan fingerprint density at radius 1 is 1.19 bits per heavy atom. The third-order valence-electron chi connectivity index (χ3n) is 3.24. The van der Waals surface area contributed by atoms with E-state index in [1.54, 1.807) is 22.8 Å². The number of amides is 1. The second-order valence-electron chi connectivity index (χ2n) is 4.79. The predicted molar refractivity (Wildman–Crippen MR) is 81.4 cm³/mol. The maximum absolute atomic E-state index is 13.1. The Morgan fingerprint density at radius 2 is 2.00 bits per heavy atom. The van der Waals surface area contributed by atoms with Gasteiger partial charge in [0.25, 0.3) is 0 Å². The summed E-state index contributed by atoms with van der Waals surface area (Å²) in [5, 5.41) is 3.64. The third-order valence-corrected chi connectivity index (χ3v) is 3.24. The van der Waals surface area contributed by atoms with Crippen LogP contribution in [0.1, 0.15) is 0 Å². The van der Waals surface area contributed by atoms with Gasteiger partial charge >= 0.3 is 0 Å². The first-order valence-corrected chi connectivity index (χ1v) is 6.52. The smallest absolute Gasteiger partial charge is 0.244 e. The number of nitrogens with zero attached hydrogens (tertiary/aromatic N) is 1. The predicted octanol–water partition coefficient (Wildman–Crippen LogP) is 3.00. The van der Waals surface area contributed by atoms with Crippen molar-refractivity contribution >= 4 is 28.2 Å². The van der Waals surface area contributed by atoms with E-state index in [0.717, 1.165) is 10.9 Å². The number of para-hydroxylation sites is 1. The van der Waals surface area contributed by atoms with Crippen molar-refractivity contribution in [3.05, 3.63) is 60.5 Å². The molecule has 3 rings (SSSR count). The van der Waals surface area contributed by atoms with Gasteiger partial charge in [-0.2, -0.15) is 0 Å². The maximum Gasteiger partial charge on any atom is 0.244 e. The lowest BCUT2D eigenvalue weighted by atomic mass is 10.2. The normalized spacial score (nSPS) is 10.7. The van der Waals surface area contributed by atoms with Gasteiger partial charge in [0.2, 0.25) is 5.91 Å². The monoisotopic (exact) mass is 283 g/mol. The van der Waals surface area contributed by atoms with Gasteiger partial charge in [-0.3, -0.25) is 4.79 Å². The molecule has 0 radical (unpaired) electrons. The first-order valence-electron chi connectivity index (χ1n) is 6.52. The molecule has 21 heavy (non-hydrogen) atoms. The molecule has 1 aromatic heterocycles. The number of hydrogen-bond acceptors (Lipinski definition) is 2. The minimum Gasteiger partial charge on any atom is -0.397 e. The summed E-state index contributed by atoms with van der Waals surface area (Å²) in [6.07, 6.45) is 1.81. The largest absolute Gasteiger partial charge is 0.397 e. The summed E-state index contributed by atoms with van der Waals surface area (Å²) in [4.78, 5) is 12.1. The number of carbonyl (C=O) groups is 1. The van der Waals surface area contributed by atoms with Crippen molar-refractivity contribution in [2.75, 3.05) is 11.1 Å². The Kier molecular flexibility index (Phi) is 3.31. The fourth-order valence-electron chi connectivity index (χ4n) is 2.34. The van der Waals surface area contributed by atoms with Crippen LogP contribution in [0.5, 0.6) is 0 Å². The van der Waals surface area contributed by atoms with E-state index in [-0.39, 0.29) is 18.3 Å². The van der Waals surface area contributed by atoms with Gasteiger partial charge in [-0.05, 0) is 30.3 Å². The Balaban J connectivity index is 1.81. The summed E-state index contributed by atoms with van der Waals surface area (Å²) >= 11 is 0. The Morgan fingerprint density at radius 3 is 2.81 bits per heavy atom. The van der Waals surface area contributed by atoms with Crippen molar-refractivity contribution < 1.29 is 9.18 Å². The molecule has 0 spiro atoms. The topological polar surface area (TPSA) is 60.0 Å². The van der Waals surface area contributed by atoms with Crippen LogP contribution in [0, 0.1) is 5.82 Å². The van der Waals surface area contributed by atoms with Crippen LogP contribution in [0.25, 0.3) is 10.9 Å². The van der Waals surface area contributed by atoms with Crippen LogP contribution in [0.4, 0.5) is 15.8 Å². The number of rotatable bonds is 3. The molecule has 0 bridgehead atoms. The molecule has 0 aliphatic carbocycles. The van der Waals surface area contributed by atoms with E-state index >= 15 is 0 Å². The van der Waals surface area contributed by atoms with Crippen molar-refractivity contribution in [3.63, 3.8) is 0 Å². The van der Waals surface area contributed by atoms with E-state index in [2.05, 4.69) is 5.32 Å². The van der Waals surface area contributed by atoms with Crippen molar-refractivity contribution in [2.45, 2.75) is 6.54 Å². The number of aromatic nitrogens is 1. The molecule has 0 fully saturated rings. The third kappa shape index (κ3) is 2.72. The van der Waals surface area contributed by atoms with Crippen molar-refractivity contribution in [1.82, 2.24) is 4.57 Å². The SMILES string of the molecule is Nc1cccc2ccn(CC(=O)Nc3cccc(F)c3)c12. The minimum atomic E-state index is -0.386. The molecular formula is C16H14FN3O. The van der Waals surface area contributed by atoms with E-state index in [9.17, 15) is 9.18 Å². The highest BCUT2D eigenvalue weighted by molar-refractivity contribution is 5.94. The highest BCUT2D eigenvalue weighted by Crippen LogP contribution is 2.22. The average Bonchev–Trinajstić information content (AvgIpc) is 2.83. The molecule has 0 saturated heterocycles. The molecule has 1 heterocycles. The molecule has 4 nitrogen and oxygen atoms in total. The van der Waals surface area contributed by atoms with Crippen LogP contribution in [0.3, 0.4) is 0 Å². The molecule has 3 N–H and O–H groups in total. The van der Waals surface area contributed by atoms with E-state index in [1.807, 2.05) is 24.4 Å². The van der Waals surface area contributed by atoms with Gasteiger partial charge in [-0.1, -0.05) is 18.2 Å². The van der Waals surface area contributed by atoms with Gasteiger partial charge in [0.05, 0.1) is 11.2 Å². The van der Waals surface area contributed by atoms with Gasteiger partial charge in [0.15, 0.2) is 0 Å². The Hall–Kier alpha value is -2.82. The summed E-state index contributed by atoms with van der Waals surface area (Å²) in [6.45, 7) is 0.119. The summed E-state index contributed by atoms with van der Waals surface area (Å²) in [7, 11) is 0. The molecule has 2 aromatic carbocycles. The van der Waals surface area contributed by atoms with Crippen LogP contribution in [-0.4, -0.2) is 10.5 Å². The number of benzene rings is 2. The zero-order valence-electron chi connectivity index (χ0n) is 11.2. The molecule has 106 valence electrons. The standard InChI is InChI=1S/C16H14FN3O/c17-12-4-2-5-13(9-12)19-15(21)10-20-8-7-11-3-1-6-14(18)16(11)20/h1-9H,10,18H2,(H,19,21). The lowest BCUT2D eigenvalue weighted by molar-refractivity contribution is -0.116. The maximum atomic E-state index is 13.1. The van der Waals surface area contributed by atoms with Gasteiger partial charge in [-0.25, -0.2) is 4.39 Å². The number of hydrogen-bond donors (Lipinski definition) is 2. The number of nitrogens with one attached hydrogen (secondary N) is 1. The number of anilines is 2. The van der Waals surface area contributed by atoms with Crippen molar-refractivity contribution in [2.24, 2.45) is 0 Å². The molecule has 0 unspecified atom stereocenters. The second kappa shape index (κ2) is 5.28. The van der Waals surface area contributed by atoms with Gasteiger partial charge in [-0.15, -0.1) is 0 Å². The number of nitrogens with two attached hydrogens (primary N) is 1. The summed E-state index contributed by atoms with van der Waals surface area (Å²) in [5.41, 5.74) is 7.83. The quantitative estimate of drug-likeness (QED) is 0.726. The van der Waals surface area contributed by atoms with E-state index < -0.39 is 0 Å². The van der Waals surface area contributed by atoms with Gasteiger partial charge in [0, 0.05) is 17.3 Å². The average molecular weight is 283 g/mol. The Labute approximate surface area is 121 Å². The number of nitrogen functional groups attached to an aromatic ring is 1. The number of halogens is 1. The number of fused-ring (bicyclic) bond motifs is 1. The van der Waals surface area contributed by atoms with E-state index in [4.69, 9.17) is 5.73 Å². The molecular weight excluding hydrogens is 269 g/mol. The highest BCUT2D eigenvalue weighted by atomic mass is 19.1. The van der Waals surface area contributed by atoms with Gasteiger partial charge < -0.3 is 15.6 Å². The first-order chi connectivity index (χ1) is 10.1. The highest BCUT2D eigenvalue weighted by Gasteiger charge is 2.09. The second-order valence-corrected chi connectivity index (χ2v) is 4.79. The molecule has 1 amide bonds. The molecule has 3 aromatic rings. The zero-order valence-corrected chi connectivity index (χ0v) is 11.2.